The number of hydrogen-bond acceptors (Lipinski definition) is 4. The highest BCUT2D eigenvalue weighted by atomic mass is 16.6. The van der Waals surface area contributed by atoms with Crippen LogP contribution in [0.1, 0.15) is 134 Å². The Bertz CT molecular complexity index is 1370. The topological polar surface area (TPSA) is 52.6 Å². The minimum Gasteiger partial charge on any atom is -0.454 e. The normalized spacial score (nSPS) is 28.5. The van der Waals surface area contributed by atoms with Gasteiger partial charge in [-0.15, -0.1) is 0 Å². The molecule has 0 aromatic heterocycles. The maximum Gasteiger partial charge on any atom is 0.334 e. The van der Waals surface area contributed by atoms with Gasteiger partial charge in [0.25, 0.3) is 0 Å². The number of aryl methyl sites for hydroxylation is 1. The van der Waals surface area contributed by atoms with Crippen molar-refractivity contribution in [2.75, 3.05) is 0 Å². The Balaban J connectivity index is 1.42. The Morgan fingerprint density at radius 3 is 2.26 bits per heavy atom. The first-order chi connectivity index (χ1) is 20.3. The highest BCUT2D eigenvalue weighted by Crippen LogP contribution is 2.61. The molecule has 0 amide bonds. The standard InChI is InChI=1S/C39H52O4/c1-27(2)34(40)42-38(7)32-18-10-8-16-30(32)21-20-29(26-39(38)23-14-24-39)25-36(4,5)35(41)43-37(6)22-13-12-15-28(3)31-17-9-11-19-33(31)37/h8-11,16-19,28-29H,1,12-15,20-26H2,2-7H3. The third kappa shape index (κ3) is 5.96. The summed E-state index contributed by atoms with van der Waals surface area (Å²) in [6, 6.07) is 17.0. The first-order valence-electron chi connectivity index (χ1n) is 16.6. The molecule has 2 aromatic rings. The van der Waals surface area contributed by atoms with Crippen LogP contribution in [0.3, 0.4) is 0 Å². The zero-order valence-corrected chi connectivity index (χ0v) is 27.4. The smallest absolute Gasteiger partial charge is 0.334 e. The van der Waals surface area contributed by atoms with E-state index in [9.17, 15) is 9.59 Å². The molecule has 0 heterocycles. The van der Waals surface area contributed by atoms with Crippen molar-refractivity contribution in [1.29, 1.82) is 0 Å². The summed E-state index contributed by atoms with van der Waals surface area (Å²) in [6.07, 6.45) is 10.9. The number of rotatable bonds is 6. The van der Waals surface area contributed by atoms with Crippen molar-refractivity contribution in [3.63, 3.8) is 0 Å². The maximum atomic E-state index is 14.1. The number of esters is 2. The summed E-state index contributed by atoms with van der Waals surface area (Å²) < 4.78 is 13.0. The minimum absolute atomic E-state index is 0.111. The molecular formula is C39H52O4. The lowest BCUT2D eigenvalue weighted by atomic mass is 9.51. The fraction of sp³-hybridized carbons (Fsp3) is 0.590. The lowest BCUT2D eigenvalue weighted by Gasteiger charge is -2.56. The summed E-state index contributed by atoms with van der Waals surface area (Å²) in [5.41, 5.74) is 3.08. The van der Waals surface area contributed by atoms with Gasteiger partial charge >= 0.3 is 11.9 Å². The summed E-state index contributed by atoms with van der Waals surface area (Å²) >= 11 is 0. The molecule has 3 aliphatic rings. The van der Waals surface area contributed by atoms with E-state index in [0.29, 0.717) is 17.4 Å². The van der Waals surface area contributed by atoms with Crippen LogP contribution in [-0.4, -0.2) is 11.9 Å². The second-order valence-electron chi connectivity index (χ2n) is 15.0. The summed E-state index contributed by atoms with van der Waals surface area (Å²) in [4.78, 5) is 27.2. The summed E-state index contributed by atoms with van der Waals surface area (Å²) in [5.74, 6) is 0.315. The Labute approximate surface area is 259 Å². The van der Waals surface area contributed by atoms with Crippen molar-refractivity contribution in [1.82, 2.24) is 0 Å². The Morgan fingerprint density at radius 1 is 0.907 bits per heavy atom. The van der Waals surface area contributed by atoms with Gasteiger partial charge in [0.05, 0.1) is 5.41 Å². The molecule has 5 rings (SSSR count). The highest BCUT2D eigenvalue weighted by Gasteiger charge is 2.58. The molecule has 0 aliphatic heterocycles. The number of fused-ring (bicyclic) bond motifs is 2. The van der Waals surface area contributed by atoms with Gasteiger partial charge in [0.2, 0.25) is 0 Å². The molecule has 4 atom stereocenters. The lowest BCUT2D eigenvalue weighted by Crippen LogP contribution is -2.53. The summed E-state index contributed by atoms with van der Waals surface area (Å²) in [6.45, 7) is 16.3. The van der Waals surface area contributed by atoms with Crippen LogP contribution in [0.25, 0.3) is 0 Å². The van der Waals surface area contributed by atoms with Gasteiger partial charge in [0.1, 0.15) is 11.2 Å². The molecule has 2 aromatic carbocycles. The molecule has 0 saturated heterocycles. The van der Waals surface area contributed by atoms with E-state index in [1.165, 1.54) is 17.5 Å². The fourth-order valence-electron chi connectivity index (χ4n) is 8.46. The average molecular weight is 585 g/mol. The molecule has 0 N–H and O–H groups in total. The van der Waals surface area contributed by atoms with Crippen molar-refractivity contribution < 1.29 is 19.1 Å². The number of ether oxygens (including phenoxy) is 2. The van der Waals surface area contributed by atoms with E-state index >= 15 is 0 Å². The molecule has 232 valence electrons. The third-order valence-corrected chi connectivity index (χ3v) is 11.3. The Kier molecular flexibility index (Phi) is 8.73. The van der Waals surface area contributed by atoms with Gasteiger partial charge in [-0.05, 0) is 126 Å². The maximum absolute atomic E-state index is 14.1. The van der Waals surface area contributed by atoms with Gasteiger partial charge in [-0.3, -0.25) is 4.79 Å². The van der Waals surface area contributed by atoms with E-state index < -0.39 is 16.6 Å². The van der Waals surface area contributed by atoms with Crippen LogP contribution >= 0.6 is 0 Å². The quantitative estimate of drug-likeness (QED) is 0.251. The van der Waals surface area contributed by atoms with Crippen molar-refractivity contribution in [3.8, 4) is 0 Å². The third-order valence-electron chi connectivity index (χ3n) is 11.3. The van der Waals surface area contributed by atoms with Gasteiger partial charge in [-0.1, -0.05) is 74.9 Å². The largest absolute Gasteiger partial charge is 0.454 e. The predicted molar refractivity (Wildman–Crippen MR) is 173 cm³/mol. The van der Waals surface area contributed by atoms with E-state index in [-0.39, 0.29) is 17.4 Å². The van der Waals surface area contributed by atoms with Crippen molar-refractivity contribution in [3.05, 3.63) is 82.9 Å². The van der Waals surface area contributed by atoms with Crippen LogP contribution in [0, 0.1) is 16.7 Å². The van der Waals surface area contributed by atoms with Crippen molar-refractivity contribution in [2.45, 2.75) is 129 Å². The van der Waals surface area contributed by atoms with Crippen LogP contribution in [0.2, 0.25) is 0 Å². The monoisotopic (exact) mass is 584 g/mol. The zero-order chi connectivity index (χ0) is 31.0. The van der Waals surface area contributed by atoms with Gasteiger partial charge < -0.3 is 9.47 Å². The number of hydrogen-bond donors (Lipinski definition) is 0. The molecule has 4 unspecified atom stereocenters. The summed E-state index contributed by atoms with van der Waals surface area (Å²) in [5, 5.41) is 0. The van der Waals surface area contributed by atoms with E-state index in [2.05, 4.69) is 89.7 Å². The van der Waals surface area contributed by atoms with Crippen LogP contribution in [0.4, 0.5) is 0 Å². The van der Waals surface area contributed by atoms with E-state index in [4.69, 9.17) is 9.47 Å². The molecule has 1 saturated carbocycles. The van der Waals surface area contributed by atoms with Gasteiger partial charge in [0.15, 0.2) is 0 Å². The molecular weight excluding hydrogens is 532 g/mol. The van der Waals surface area contributed by atoms with E-state index in [1.54, 1.807) is 6.92 Å². The predicted octanol–water partition coefficient (Wildman–Crippen LogP) is 9.70. The van der Waals surface area contributed by atoms with Crippen LogP contribution in [0.15, 0.2) is 60.7 Å². The second kappa shape index (κ2) is 11.9. The number of carbonyl (C=O) groups excluding carboxylic acids is 2. The van der Waals surface area contributed by atoms with Gasteiger partial charge in [0, 0.05) is 11.0 Å². The number of benzene rings is 2. The van der Waals surface area contributed by atoms with E-state index in [0.717, 1.165) is 75.3 Å². The molecule has 0 bridgehead atoms. The molecule has 0 radical (unpaired) electrons. The van der Waals surface area contributed by atoms with Crippen molar-refractivity contribution >= 4 is 11.9 Å². The molecule has 1 spiro atoms. The summed E-state index contributed by atoms with van der Waals surface area (Å²) in [7, 11) is 0. The molecule has 1 fully saturated rings. The SMILES string of the molecule is C=C(C)C(=O)OC1(C)c2ccccc2CCC(CC(C)(C)C(=O)OC2(C)CCCCC(C)c3ccccc32)CC12CCC2. The average Bonchev–Trinajstić information content (AvgIpc) is 2.94. The van der Waals surface area contributed by atoms with Gasteiger partial charge in [-0.2, -0.15) is 0 Å². The first kappa shape index (κ1) is 31.5. The molecule has 43 heavy (non-hydrogen) atoms. The van der Waals surface area contributed by atoms with Crippen LogP contribution in [0.5, 0.6) is 0 Å². The molecule has 4 nitrogen and oxygen atoms in total. The van der Waals surface area contributed by atoms with Crippen LogP contribution in [-0.2, 0) is 36.7 Å². The second-order valence-corrected chi connectivity index (χ2v) is 15.0. The Hall–Kier alpha value is -2.88. The lowest BCUT2D eigenvalue weighted by molar-refractivity contribution is -0.191. The fourth-order valence-corrected chi connectivity index (χ4v) is 8.46. The molecule has 3 aliphatic carbocycles. The number of carbonyl (C=O) groups is 2. The Morgan fingerprint density at radius 2 is 1.58 bits per heavy atom. The van der Waals surface area contributed by atoms with Gasteiger partial charge in [-0.25, -0.2) is 4.79 Å². The van der Waals surface area contributed by atoms with Crippen molar-refractivity contribution in [2.24, 2.45) is 16.7 Å². The zero-order valence-electron chi connectivity index (χ0n) is 27.4. The first-order valence-corrected chi connectivity index (χ1v) is 16.6. The highest BCUT2D eigenvalue weighted by molar-refractivity contribution is 5.87. The minimum atomic E-state index is -0.742. The van der Waals surface area contributed by atoms with Crippen LogP contribution < -0.4 is 0 Å². The van der Waals surface area contributed by atoms with E-state index in [1.807, 2.05) is 0 Å². The molecule has 4 heteroatoms.